The highest BCUT2D eigenvalue weighted by molar-refractivity contribution is 7.80. The van der Waals surface area contributed by atoms with Crippen molar-refractivity contribution in [1.82, 2.24) is 0 Å². The quantitative estimate of drug-likeness (QED) is 0.173. The molecule has 3 rings (SSSR count). The second kappa shape index (κ2) is 8.69. The van der Waals surface area contributed by atoms with Gasteiger partial charge in [-0.05, 0) is 54.7 Å². The molecular weight excluding hydrogens is 378 g/mol. The molecule has 3 aromatic rings. The van der Waals surface area contributed by atoms with Crippen LogP contribution in [0.4, 0.5) is 28.4 Å². The second-order valence-corrected chi connectivity index (χ2v) is 6.03. The van der Waals surface area contributed by atoms with E-state index in [0.717, 1.165) is 5.69 Å². The van der Waals surface area contributed by atoms with E-state index in [0.29, 0.717) is 11.4 Å². The molecule has 0 spiro atoms. The Kier molecular flexibility index (Phi) is 5.87. The summed E-state index contributed by atoms with van der Waals surface area (Å²) < 4.78 is 0. The van der Waals surface area contributed by atoms with Crippen LogP contribution < -0.4 is 10.6 Å². The fourth-order valence-electron chi connectivity index (χ4n) is 2.24. The van der Waals surface area contributed by atoms with Gasteiger partial charge in [-0.3, -0.25) is 10.1 Å². The first-order chi connectivity index (χ1) is 13.5. The molecule has 140 valence electrons. The molecule has 0 bridgehead atoms. The molecule has 8 nitrogen and oxygen atoms in total. The van der Waals surface area contributed by atoms with E-state index in [1.54, 1.807) is 24.3 Å². The first kappa shape index (κ1) is 18.9. The number of nitrogens with zero attached hydrogens (tertiary/aromatic N) is 3. The third-order valence-corrected chi connectivity index (χ3v) is 3.81. The number of nitro benzene ring substituents is 1. The standard InChI is InChI=1S/C19H15N5O3S/c25-18-11-10-16(24(26)27)12-17(18)21-19(28)20-13-6-8-15(9-7-13)23-22-14-4-2-1-3-5-14/h1-12,25H,(H2,20,21,28). The van der Waals surface area contributed by atoms with E-state index in [1.807, 2.05) is 30.3 Å². The van der Waals surface area contributed by atoms with Gasteiger partial charge in [-0.25, -0.2) is 0 Å². The van der Waals surface area contributed by atoms with Crippen LogP contribution in [0.25, 0.3) is 0 Å². The van der Waals surface area contributed by atoms with Gasteiger partial charge in [-0.15, -0.1) is 0 Å². The van der Waals surface area contributed by atoms with Crippen molar-refractivity contribution < 1.29 is 10.0 Å². The number of thiocarbonyl (C=S) groups is 1. The minimum Gasteiger partial charge on any atom is -0.506 e. The van der Waals surface area contributed by atoms with Crippen molar-refractivity contribution in [3.05, 3.63) is 82.9 Å². The lowest BCUT2D eigenvalue weighted by Crippen LogP contribution is -2.19. The molecule has 0 heterocycles. The molecular formula is C19H15N5O3S. The van der Waals surface area contributed by atoms with Crippen LogP contribution >= 0.6 is 12.2 Å². The summed E-state index contributed by atoms with van der Waals surface area (Å²) in [6.07, 6.45) is 0. The Labute approximate surface area is 165 Å². The highest BCUT2D eigenvalue weighted by Crippen LogP contribution is 2.28. The maximum Gasteiger partial charge on any atom is 0.271 e. The Hall–Kier alpha value is -3.85. The van der Waals surface area contributed by atoms with Gasteiger partial charge < -0.3 is 15.7 Å². The van der Waals surface area contributed by atoms with Crippen molar-refractivity contribution >= 4 is 45.8 Å². The van der Waals surface area contributed by atoms with Gasteiger partial charge in [0.25, 0.3) is 5.69 Å². The minimum atomic E-state index is -0.552. The zero-order valence-corrected chi connectivity index (χ0v) is 15.3. The Morgan fingerprint density at radius 2 is 1.57 bits per heavy atom. The Morgan fingerprint density at radius 3 is 2.21 bits per heavy atom. The number of azo groups is 1. The summed E-state index contributed by atoms with van der Waals surface area (Å²) in [6, 6.07) is 20.1. The van der Waals surface area contributed by atoms with E-state index in [-0.39, 0.29) is 22.2 Å². The van der Waals surface area contributed by atoms with Crippen LogP contribution in [0.1, 0.15) is 0 Å². The molecule has 0 radical (unpaired) electrons. The lowest BCUT2D eigenvalue weighted by atomic mass is 10.2. The van der Waals surface area contributed by atoms with Crippen LogP contribution in [-0.4, -0.2) is 15.1 Å². The molecule has 0 aliphatic heterocycles. The smallest absolute Gasteiger partial charge is 0.271 e. The predicted octanol–water partition coefficient (Wildman–Crippen LogP) is 5.52. The number of nitrogens with one attached hydrogen (secondary N) is 2. The van der Waals surface area contributed by atoms with Gasteiger partial charge in [-0.1, -0.05) is 18.2 Å². The summed E-state index contributed by atoms with van der Waals surface area (Å²) in [5.41, 5.74) is 2.09. The van der Waals surface area contributed by atoms with E-state index in [2.05, 4.69) is 20.9 Å². The molecule has 0 aromatic heterocycles. The van der Waals surface area contributed by atoms with Gasteiger partial charge in [-0.2, -0.15) is 10.2 Å². The van der Waals surface area contributed by atoms with Crippen LogP contribution in [-0.2, 0) is 0 Å². The van der Waals surface area contributed by atoms with Crippen molar-refractivity contribution in [2.75, 3.05) is 10.6 Å². The first-order valence-corrected chi connectivity index (χ1v) is 8.54. The maximum atomic E-state index is 10.8. The fourth-order valence-corrected chi connectivity index (χ4v) is 2.47. The van der Waals surface area contributed by atoms with Crippen molar-refractivity contribution in [1.29, 1.82) is 0 Å². The number of phenols is 1. The molecule has 0 saturated heterocycles. The van der Waals surface area contributed by atoms with Crippen molar-refractivity contribution in [3.8, 4) is 5.75 Å². The zero-order valence-electron chi connectivity index (χ0n) is 14.4. The molecule has 0 amide bonds. The summed E-state index contributed by atoms with van der Waals surface area (Å²) in [7, 11) is 0. The highest BCUT2D eigenvalue weighted by Gasteiger charge is 2.11. The summed E-state index contributed by atoms with van der Waals surface area (Å²) in [5.74, 6) is -0.147. The third kappa shape index (κ3) is 5.08. The lowest BCUT2D eigenvalue weighted by Gasteiger charge is -2.11. The van der Waals surface area contributed by atoms with Crippen molar-refractivity contribution in [3.63, 3.8) is 0 Å². The van der Waals surface area contributed by atoms with Gasteiger partial charge in [0.1, 0.15) is 5.75 Å². The summed E-state index contributed by atoms with van der Waals surface area (Å²) in [6.45, 7) is 0. The van der Waals surface area contributed by atoms with E-state index >= 15 is 0 Å². The van der Waals surface area contributed by atoms with Gasteiger partial charge >= 0.3 is 0 Å². The van der Waals surface area contributed by atoms with Gasteiger partial charge in [0.2, 0.25) is 0 Å². The number of phenolic OH excluding ortho intramolecular Hbond substituents is 1. The molecule has 0 fully saturated rings. The SMILES string of the molecule is O=[N+]([O-])c1ccc(O)c(NC(=S)Nc2ccc(N=Nc3ccccc3)cc2)c1. The zero-order chi connectivity index (χ0) is 19.9. The average molecular weight is 393 g/mol. The monoisotopic (exact) mass is 393 g/mol. The highest BCUT2D eigenvalue weighted by atomic mass is 32.1. The van der Waals surface area contributed by atoms with E-state index in [1.165, 1.54) is 18.2 Å². The number of hydrogen-bond acceptors (Lipinski definition) is 6. The van der Waals surface area contributed by atoms with Crippen molar-refractivity contribution in [2.45, 2.75) is 0 Å². The molecule has 0 atom stereocenters. The van der Waals surface area contributed by atoms with Gasteiger partial charge in [0, 0.05) is 17.8 Å². The van der Waals surface area contributed by atoms with E-state index in [4.69, 9.17) is 12.2 Å². The van der Waals surface area contributed by atoms with Crippen LogP contribution in [0.5, 0.6) is 5.75 Å². The van der Waals surface area contributed by atoms with E-state index in [9.17, 15) is 15.2 Å². The Morgan fingerprint density at radius 1 is 0.929 bits per heavy atom. The number of non-ortho nitro benzene ring substituents is 1. The van der Waals surface area contributed by atoms with E-state index < -0.39 is 4.92 Å². The van der Waals surface area contributed by atoms with Gasteiger partial charge in [0.05, 0.1) is 22.0 Å². The minimum absolute atomic E-state index is 0.139. The van der Waals surface area contributed by atoms with Crippen LogP contribution in [0, 0.1) is 10.1 Å². The van der Waals surface area contributed by atoms with Crippen molar-refractivity contribution in [2.24, 2.45) is 10.2 Å². The second-order valence-electron chi connectivity index (χ2n) is 5.62. The number of hydrogen-bond donors (Lipinski definition) is 3. The molecule has 0 unspecified atom stereocenters. The molecule has 0 saturated carbocycles. The summed E-state index contributed by atoms with van der Waals surface area (Å²) >= 11 is 5.19. The summed E-state index contributed by atoms with van der Waals surface area (Å²) in [5, 5.41) is 34.8. The normalized spacial score (nSPS) is 10.6. The van der Waals surface area contributed by atoms with Gasteiger partial charge in [0.15, 0.2) is 5.11 Å². The lowest BCUT2D eigenvalue weighted by molar-refractivity contribution is -0.384. The molecule has 0 aliphatic carbocycles. The molecule has 3 aromatic carbocycles. The topological polar surface area (TPSA) is 112 Å². The van der Waals surface area contributed by atoms with Crippen LogP contribution in [0.15, 0.2) is 83.0 Å². The molecule has 9 heteroatoms. The summed E-state index contributed by atoms with van der Waals surface area (Å²) in [4.78, 5) is 10.3. The predicted molar refractivity (Wildman–Crippen MR) is 112 cm³/mol. The van der Waals surface area contributed by atoms with Crippen LogP contribution in [0.2, 0.25) is 0 Å². The number of anilines is 2. The average Bonchev–Trinajstić information content (AvgIpc) is 2.70. The number of aromatic hydroxyl groups is 1. The molecule has 0 aliphatic rings. The first-order valence-electron chi connectivity index (χ1n) is 8.13. The molecule has 3 N–H and O–H groups in total. The number of nitro groups is 1. The largest absolute Gasteiger partial charge is 0.506 e. The fraction of sp³-hybridized carbons (Fsp3) is 0. The number of rotatable bonds is 5. The molecule has 28 heavy (non-hydrogen) atoms. The Bertz CT molecular complexity index is 1020. The number of benzene rings is 3. The Balaban J connectivity index is 1.62. The maximum absolute atomic E-state index is 10.8. The third-order valence-electron chi connectivity index (χ3n) is 3.60. The van der Waals surface area contributed by atoms with Crippen LogP contribution in [0.3, 0.4) is 0 Å².